The SMILES string of the molecule is C=C(C)COCCNC(C)CNC(=O)OC(C)(C)C. The van der Waals surface area contributed by atoms with E-state index in [0.717, 1.165) is 12.1 Å². The highest BCUT2D eigenvalue weighted by molar-refractivity contribution is 5.67. The summed E-state index contributed by atoms with van der Waals surface area (Å²) < 4.78 is 10.5. The van der Waals surface area contributed by atoms with Crippen LogP contribution in [0.15, 0.2) is 12.2 Å². The zero-order chi connectivity index (χ0) is 14.9. The molecule has 2 N–H and O–H groups in total. The predicted octanol–water partition coefficient (Wildman–Crippen LogP) is 2.08. The summed E-state index contributed by atoms with van der Waals surface area (Å²) in [5.74, 6) is 0. The fraction of sp³-hybridized carbons (Fsp3) is 0.786. The molecule has 0 aromatic heterocycles. The van der Waals surface area contributed by atoms with Crippen LogP contribution in [-0.4, -0.2) is 44.0 Å². The Hall–Kier alpha value is -1.07. The quantitative estimate of drug-likeness (QED) is 0.524. The van der Waals surface area contributed by atoms with Crippen LogP contribution in [0.5, 0.6) is 0 Å². The Kier molecular flexibility index (Phi) is 8.43. The third-order valence-electron chi connectivity index (χ3n) is 2.04. The molecule has 112 valence electrons. The largest absolute Gasteiger partial charge is 0.444 e. The molecule has 0 heterocycles. The Morgan fingerprint density at radius 1 is 1.37 bits per heavy atom. The number of hydrogen-bond donors (Lipinski definition) is 2. The van der Waals surface area contributed by atoms with Crippen molar-refractivity contribution in [2.45, 2.75) is 46.3 Å². The van der Waals surface area contributed by atoms with Gasteiger partial charge in [0.25, 0.3) is 0 Å². The first-order chi connectivity index (χ1) is 8.70. The van der Waals surface area contributed by atoms with Crippen molar-refractivity contribution in [1.82, 2.24) is 10.6 Å². The van der Waals surface area contributed by atoms with Gasteiger partial charge in [0.15, 0.2) is 0 Å². The van der Waals surface area contributed by atoms with Gasteiger partial charge in [0, 0.05) is 19.1 Å². The minimum atomic E-state index is -0.461. The number of alkyl carbamates (subject to hydrolysis) is 1. The molecule has 0 aliphatic heterocycles. The smallest absolute Gasteiger partial charge is 0.407 e. The summed E-state index contributed by atoms with van der Waals surface area (Å²) in [5, 5.41) is 5.97. The topological polar surface area (TPSA) is 59.6 Å². The van der Waals surface area contributed by atoms with Crippen LogP contribution in [0.2, 0.25) is 0 Å². The lowest BCUT2D eigenvalue weighted by atomic mass is 10.2. The molecular formula is C14H28N2O3. The van der Waals surface area contributed by atoms with Gasteiger partial charge in [-0.2, -0.15) is 0 Å². The van der Waals surface area contributed by atoms with E-state index >= 15 is 0 Å². The van der Waals surface area contributed by atoms with Gasteiger partial charge < -0.3 is 20.1 Å². The summed E-state index contributed by atoms with van der Waals surface area (Å²) in [7, 11) is 0. The number of hydrogen-bond acceptors (Lipinski definition) is 4. The summed E-state index contributed by atoms with van der Waals surface area (Å²) in [6.07, 6.45) is -0.389. The van der Waals surface area contributed by atoms with Crippen LogP contribution in [0.4, 0.5) is 4.79 Å². The van der Waals surface area contributed by atoms with Gasteiger partial charge in [0.1, 0.15) is 5.60 Å². The molecule has 1 amide bonds. The van der Waals surface area contributed by atoms with E-state index in [-0.39, 0.29) is 12.1 Å². The van der Waals surface area contributed by atoms with Gasteiger partial charge in [-0.25, -0.2) is 4.79 Å². The number of ether oxygens (including phenoxy) is 2. The fourth-order valence-electron chi connectivity index (χ4n) is 1.25. The third-order valence-corrected chi connectivity index (χ3v) is 2.04. The van der Waals surface area contributed by atoms with Crippen LogP contribution in [0.1, 0.15) is 34.6 Å². The molecule has 0 aromatic rings. The van der Waals surface area contributed by atoms with Crippen LogP contribution in [0.25, 0.3) is 0 Å². The van der Waals surface area contributed by atoms with Gasteiger partial charge in [0.2, 0.25) is 0 Å². The van der Waals surface area contributed by atoms with Crippen LogP contribution in [0, 0.1) is 0 Å². The number of carbonyl (C=O) groups excluding carboxylic acids is 1. The molecule has 0 aromatic carbocycles. The van der Waals surface area contributed by atoms with Crippen molar-refractivity contribution >= 4 is 6.09 Å². The fourth-order valence-corrected chi connectivity index (χ4v) is 1.25. The maximum Gasteiger partial charge on any atom is 0.407 e. The van der Waals surface area contributed by atoms with Crippen molar-refractivity contribution in [2.75, 3.05) is 26.3 Å². The zero-order valence-electron chi connectivity index (χ0n) is 12.8. The van der Waals surface area contributed by atoms with E-state index < -0.39 is 5.60 Å². The van der Waals surface area contributed by atoms with E-state index in [4.69, 9.17) is 9.47 Å². The first-order valence-electron chi connectivity index (χ1n) is 6.63. The Morgan fingerprint density at radius 3 is 2.53 bits per heavy atom. The molecule has 0 saturated heterocycles. The lowest BCUT2D eigenvalue weighted by Crippen LogP contribution is -2.42. The maximum atomic E-state index is 11.4. The molecular weight excluding hydrogens is 244 g/mol. The molecule has 5 nitrogen and oxygen atoms in total. The second kappa shape index (κ2) is 8.93. The van der Waals surface area contributed by atoms with E-state index in [1.165, 1.54) is 0 Å². The van der Waals surface area contributed by atoms with E-state index in [9.17, 15) is 4.79 Å². The van der Waals surface area contributed by atoms with Gasteiger partial charge in [-0.15, -0.1) is 0 Å². The highest BCUT2D eigenvalue weighted by atomic mass is 16.6. The molecule has 0 saturated carbocycles. The van der Waals surface area contributed by atoms with E-state index in [1.807, 2.05) is 34.6 Å². The molecule has 19 heavy (non-hydrogen) atoms. The molecule has 0 rings (SSSR count). The minimum Gasteiger partial charge on any atom is -0.444 e. The zero-order valence-corrected chi connectivity index (χ0v) is 12.8. The Morgan fingerprint density at radius 2 is 2.00 bits per heavy atom. The van der Waals surface area contributed by atoms with Crippen molar-refractivity contribution in [3.63, 3.8) is 0 Å². The van der Waals surface area contributed by atoms with Gasteiger partial charge in [-0.3, -0.25) is 0 Å². The molecule has 0 aliphatic rings. The number of amides is 1. The second-order valence-corrected chi connectivity index (χ2v) is 5.75. The second-order valence-electron chi connectivity index (χ2n) is 5.75. The molecule has 5 heteroatoms. The van der Waals surface area contributed by atoms with Crippen LogP contribution < -0.4 is 10.6 Å². The van der Waals surface area contributed by atoms with Crippen molar-refractivity contribution in [2.24, 2.45) is 0 Å². The lowest BCUT2D eigenvalue weighted by molar-refractivity contribution is 0.0523. The van der Waals surface area contributed by atoms with Gasteiger partial charge in [-0.05, 0) is 34.6 Å². The average molecular weight is 272 g/mol. The van der Waals surface area contributed by atoms with Crippen molar-refractivity contribution in [3.8, 4) is 0 Å². The maximum absolute atomic E-state index is 11.4. The normalized spacial score (nSPS) is 12.9. The monoisotopic (exact) mass is 272 g/mol. The molecule has 0 bridgehead atoms. The van der Waals surface area contributed by atoms with Crippen molar-refractivity contribution < 1.29 is 14.3 Å². The summed E-state index contributed by atoms with van der Waals surface area (Å²) in [6, 6.07) is 0.168. The van der Waals surface area contributed by atoms with Crippen molar-refractivity contribution in [1.29, 1.82) is 0 Å². The summed E-state index contributed by atoms with van der Waals surface area (Å²) >= 11 is 0. The molecule has 0 aliphatic carbocycles. The molecule has 1 atom stereocenters. The standard InChI is InChI=1S/C14H28N2O3/c1-11(2)10-18-8-7-15-12(3)9-16-13(17)19-14(4,5)6/h12,15H,1,7-10H2,2-6H3,(H,16,17). The molecule has 1 unspecified atom stereocenters. The number of rotatable bonds is 8. The van der Waals surface area contributed by atoms with E-state index in [2.05, 4.69) is 17.2 Å². The molecule has 0 fully saturated rings. The first-order valence-corrected chi connectivity index (χ1v) is 6.63. The summed E-state index contributed by atoms with van der Waals surface area (Å²) in [4.78, 5) is 11.4. The third kappa shape index (κ3) is 13.2. The van der Waals surface area contributed by atoms with Crippen LogP contribution >= 0.6 is 0 Å². The van der Waals surface area contributed by atoms with E-state index in [0.29, 0.717) is 19.8 Å². The highest BCUT2D eigenvalue weighted by Gasteiger charge is 2.16. The molecule has 0 spiro atoms. The van der Waals surface area contributed by atoms with Crippen molar-refractivity contribution in [3.05, 3.63) is 12.2 Å². The summed E-state index contributed by atoms with van der Waals surface area (Å²) in [6.45, 7) is 15.7. The van der Waals surface area contributed by atoms with Gasteiger partial charge >= 0.3 is 6.09 Å². The number of carbonyl (C=O) groups is 1. The summed E-state index contributed by atoms with van der Waals surface area (Å²) in [5.41, 5.74) is 0.552. The minimum absolute atomic E-state index is 0.168. The predicted molar refractivity (Wildman–Crippen MR) is 77.3 cm³/mol. The Balaban J connectivity index is 3.56. The molecule has 0 radical (unpaired) electrons. The van der Waals surface area contributed by atoms with Crippen LogP contribution in [0.3, 0.4) is 0 Å². The van der Waals surface area contributed by atoms with Gasteiger partial charge in [0.05, 0.1) is 13.2 Å². The van der Waals surface area contributed by atoms with E-state index in [1.54, 1.807) is 0 Å². The average Bonchev–Trinajstić information content (AvgIpc) is 2.23. The first kappa shape index (κ1) is 17.9. The highest BCUT2D eigenvalue weighted by Crippen LogP contribution is 2.06. The Labute approximate surface area is 116 Å². The van der Waals surface area contributed by atoms with Crippen LogP contribution in [-0.2, 0) is 9.47 Å². The Bertz CT molecular complexity index is 285. The lowest BCUT2D eigenvalue weighted by Gasteiger charge is -2.21. The van der Waals surface area contributed by atoms with Gasteiger partial charge in [-0.1, -0.05) is 12.2 Å². The number of nitrogens with one attached hydrogen (secondary N) is 2.